The minimum absolute atomic E-state index is 0.0766. The average molecular weight is 349 g/mol. The standard InChI is InChI=1S/C18H28N4OS/c1-3-22-15(20-21-17(22)24-4-2)11-19-16(23)18-8-12-5-13(9-18)7-14(6-12)10-18/h12-14H,3-11H2,1-2H3,(H,19,23). The first-order valence-corrected chi connectivity index (χ1v) is 10.4. The van der Waals surface area contributed by atoms with E-state index in [1.54, 1.807) is 11.8 Å². The van der Waals surface area contributed by atoms with E-state index in [2.05, 4.69) is 33.9 Å². The Labute approximate surface area is 148 Å². The van der Waals surface area contributed by atoms with Crippen molar-refractivity contribution in [3.63, 3.8) is 0 Å². The van der Waals surface area contributed by atoms with Crippen LogP contribution in [0, 0.1) is 23.2 Å². The van der Waals surface area contributed by atoms with Gasteiger partial charge in [0.1, 0.15) is 0 Å². The largest absolute Gasteiger partial charge is 0.348 e. The first-order chi connectivity index (χ1) is 11.6. The SMILES string of the molecule is CCSc1nnc(CNC(=O)C23CC4CC(CC(C4)C2)C3)n1CC. The molecule has 0 spiro atoms. The molecule has 132 valence electrons. The maximum atomic E-state index is 13.0. The van der Waals surface area contributed by atoms with Crippen molar-refractivity contribution >= 4 is 17.7 Å². The number of carbonyl (C=O) groups is 1. The second-order valence-corrected chi connectivity index (χ2v) is 9.19. The van der Waals surface area contributed by atoms with Gasteiger partial charge >= 0.3 is 0 Å². The van der Waals surface area contributed by atoms with E-state index in [0.717, 1.165) is 60.3 Å². The highest BCUT2D eigenvalue weighted by Gasteiger charge is 2.54. The molecule has 1 heterocycles. The van der Waals surface area contributed by atoms with E-state index in [9.17, 15) is 4.79 Å². The molecule has 24 heavy (non-hydrogen) atoms. The predicted molar refractivity (Wildman–Crippen MR) is 94.5 cm³/mol. The lowest BCUT2D eigenvalue weighted by Crippen LogP contribution is -2.53. The van der Waals surface area contributed by atoms with Crippen LogP contribution in [0.1, 0.15) is 58.2 Å². The zero-order chi connectivity index (χ0) is 16.7. The summed E-state index contributed by atoms with van der Waals surface area (Å²) in [5, 5.41) is 12.7. The van der Waals surface area contributed by atoms with Crippen molar-refractivity contribution in [2.24, 2.45) is 23.2 Å². The second kappa shape index (κ2) is 6.36. The third-order valence-corrected chi connectivity index (χ3v) is 7.16. The van der Waals surface area contributed by atoms with Crippen LogP contribution >= 0.6 is 11.8 Å². The molecule has 0 aromatic carbocycles. The molecule has 1 aromatic heterocycles. The van der Waals surface area contributed by atoms with E-state index in [1.807, 2.05) is 0 Å². The van der Waals surface area contributed by atoms with Gasteiger partial charge in [0.05, 0.1) is 6.54 Å². The van der Waals surface area contributed by atoms with Crippen molar-refractivity contribution in [1.82, 2.24) is 20.1 Å². The normalized spacial score (nSPS) is 33.8. The van der Waals surface area contributed by atoms with Gasteiger partial charge in [0, 0.05) is 12.0 Å². The van der Waals surface area contributed by atoms with Crippen LogP contribution in [0.5, 0.6) is 0 Å². The summed E-state index contributed by atoms with van der Waals surface area (Å²) in [5.74, 6) is 4.54. The molecule has 1 N–H and O–H groups in total. The van der Waals surface area contributed by atoms with Gasteiger partial charge in [-0.1, -0.05) is 18.7 Å². The highest BCUT2D eigenvalue weighted by atomic mass is 32.2. The highest BCUT2D eigenvalue weighted by Crippen LogP contribution is 2.60. The number of hydrogen-bond donors (Lipinski definition) is 1. The smallest absolute Gasteiger partial charge is 0.226 e. The van der Waals surface area contributed by atoms with Crippen LogP contribution in [0.3, 0.4) is 0 Å². The fourth-order valence-corrected chi connectivity index (χ4v) is 6.49. The van der Waals surface area contributed by atoms with Gasteiger partial charge in [-0.05, 0) is 69.0 Å². The number of nitrogens with one attached hydrogen (secondary N) is 1. The highest BCUT2D eigenvalue weighted by molar-refractivity contribution is 7.99. The molecule has 1 amide bonds. The van der Waals surface area contributed by atoms with Gasteiger partial charge in [-0.15, -0.1) is 10.2 Å². The number of thioether (sulfide) groups is 1. The van der Waals surface area contributed by atoms with Gasteiger partial charge < -0.3 is 9.88 Å². The topological polar surface area (TPSA) is 59.8 Å². The molecule has 4 aliphatic carbocycles. The van der Waals surface area contributed by atoms with Crippen molar-refractivity contribution in [2.45, 2.75) is 70.6 Å². The van der Waals surface area contributed by atoms with Gasteiger partial charge in [0.25, 0.3) is 0 Å². The Morgan fingerprint density at radius 3 is 2.33 bits per heavy atom. The lowest BCUT2D eigenvalue weighted by atomic mass is 9.49. The molecule has 5 nitrogen and oxygen atoms in total. The van der Waals surface area contributed by atoms with Gasteiger partial charge in [-0.3, -0.25) is 4.79 Å². The van der Waals surface area contributed by atoms with E-state index in [-0.39, 0.29) is 11.3 Å². The average Bonchev–Trinajstić information content (AvgIpc) is 2.93. The number of aromatic nitrogens is 3. The number of amides is 1. The fraction of sp³-hybridized carbons (Fsp3) is 0.833. The summed E-state index contributed by atoms with van der Waals surface area (Å²) in [6, 6.07) is 0. The molecule has 0 atom stereocenters. The van der Waals surface area contributed by atoms with Crippen LogP contribution in [-0.2, 0) is 17.9 Å². The van der Waals surface area contributed by atoms with Crippen molar-refractivity contribution in [1.29, 1.82) is 0 Å². The molecular weight excluding hydrogens is 320 g/mol. The van der Waals surface area contributed by atoms with E-state index < -0.39 is 0 Å². The van der Waals surface area contributed by atoms with E-state index in [1.165, 1.54) is 19.3 Å². The summed E-state index contributed by atoms with van der Waals surface area (Å²) in [4.78, 5) is 13.0. The lowest BCUT2D eigenvalue weighted by molar-refractivity contribution is -0.146. The van der Waals surface area contributed by atoms with Crippen molar-refractivity contribution in [3.05, 3.63) is 5.82 Å². The van der Waals surface area contributed by atoms with Crippen molar-refractivity contribution < 1.29 is 4.79 Å². The zero-order valence-electron chi connectivity index (χ0n) is 14.8. The first kappa shape index (κ1) is 16.4. The molecule has 4 aliphatic rings. The number of rotatable bonds is 6. The molecule has 0 saturated heterocycles. The lowest BCUT2D eigenvalue weighted by Gasteiger charge is -2.55. The first-order valence-electron chi connectivity index (χ1n) is 9.46. The van der Waals surface area contributed by atoms with Crippen LogP contribution in [0.25, 0.3) is 0 Å². The Bertz CT molecular complexity index is 591. The summed E-state index contributed by atoms with van der Waals surface area (Å²) in [7, 11) is 0. The number of carbonyl (C=O) groups excluding carboxylic acids is 1. The number of nitrogens with zero attached hydrogens (tertiary/aromatic N) is 3. The maximum Gasteiger partial charge on any atom is 0.226 e. The molecule has 5 rings (SSSR count). The molecule has 4 saturated carbocycles. The van der Waals surface area contributed by atoms with Gasteiger partial charge in [-0.25, -0.2) is 0 Å². The molecule has 1 aromatic rings. The third-order valence-electron chi connectivity index (χ3n) is 6.31. The van der Waals surface area contributed by atoms with Crippen LogP contribution in [0.4, 0.5) is 0 Å². The molecule has 4 bridgehead atoms. The molecule has 0 aliphatic heterocycles. The van der Waals surface area contributed by atoms with E-state index >= 15 is 0 Å². The Balaban J connectivity index is 1.44. The van der Waals surface area contributed by atoms with Gasteiger partial charge in [0.2, 0.25) is 5.91 Å². The maximum absolute atomic E-state index is 13.0. The predicted octanol–water partition coefficient (Wildman–Crippen LogP) is 3.24. The summed E-state index contributed by atoms with van der Waals surface area (Å²) >= 11 is 1.71. The Hall–Kier alpha value is -1.04. The van der Waals surface area contributed by atoms with Crippen LogP contribution < -0.4 is 5.32 Å². The van der Waals surface area contributed by atoms with Crippen molar-refractivity contribution in [3.8, 4) is 0 Å². The second-order valence-electron chi connectivity index (χ2n) is 7.96. The van der Waals surface area contributed by atoms with Gasteiger partial charge in [-0.2, -0.15) is 0 Å². The summed E-state index contributed by atoms with van der Waals surface area (Å²) in [5.41, 5.74) is -0.0766. The zero-order valence-corrected chi connectivity index (χ0v) is 15.6. The van der Waals surface area contributed by atoms with Crippen LogP contribution in [0.15, 0.2) is 5.16 Å². The van der Waals surface area contributed by atoms with Crippen LogP contribution in [-0.4, -0.2) is 26.4 Å². The Kier molecular flexibility index (Phi) is 4.35. The molecule has 4 fully saturated rings. The summed E-state index contributed by atoms with van der Waals surface area (Å²) in [6.45, 7) is 5.57. The number of hydrogen-bond acceptors (Lipinski definition) is 4. The van der Waals surface area contributed by atoms with Crippen molar-refractivity contribution in [2.75, 3.05) is 5.75 Å². The quantitative estimate of drug-likeness (QED) is 0.802. The Morgan fingerprint density at radius 2 is 1.79 bits per heavy atom. The van der Waals surface area contributed by atoms with Crippen LogP contribution in [0.2, 0.25) is 0 Å². The molecule has 0 radical (unpaired) electrons. The molecule has 6 heteroatoms. The molecule has 0 unspecified atom stereocenters. The third kappa shape index (κ3) is 2.76. The molecular formula is C18H28N4OS. The fourth-order valence-electron chi connectivity index (χ4n) is 5.74. The minimum atomic E-state index is -0.0766. The minimum Gasteiger partial charge on any atom is -0.348 e. The van der Waals surface area contributed by atoms with E-state index in [4.69, 9.17) is 0 Å². The summed E-state index contributed by atoms with van der Waals surface area (Å²) in [6.07, 6.45) is 7.45. The monoisotopic (exact) mass is 348 g/mol. The summed E-state index contributed by atoms with van der Waals surface area (Å²) < 4.78 is 2.12. The Morgan fingerprint density at radius 1 is 1.17 bits per heavy atom. The van der Waals surface area contributed by atoms with E-state index in [0.29, 0.717) is 6.54 Å². The van der Waals surface area contributed by atoms with Gasteiger partial charge in [0.15, 0.2) is 11.0 Å².